The topological polar surface area (TPSA) is 50.8 Å². The Hall–Kier alpha value is -1.82. The third kappa shape index (κ3) is 3.39. The first-order valence-electron chi connectivity index (χ1n) is 6.58. The van der Waals surface area contributed by atoms with Gasteiger partial charge in [0.25, 0.3) is 0 Å². The Balaban J connectivity index is 1.99. The van der Waals surface area contributed by atoms with Gasteiger partial charge in [0.1, 0.15) is 6.04 Å². The number of benzene rings is 1. The molecular weight excluding hydrogens is 263 g/mol. The number of hydrogen-bond acceptors (Lipinski definition) is 4. The lowest BCUT2D eigenvalue weighted by molar-refractivity contribution is -0.135. The molecule has 1 aromatic carbocycles. The molecule has 0 saturated carbocycles. The van der Waals surface area contributed by atoms with E-state index in [1.54, 1.807) is 24.0 Å². The zero-order chi connectivity index (χ0) is 14.5. The molecule has 0 aliphatic carbocycles. The molecule has 1 N–H and O–H groups in total. The lowest BCUT2D eigenvalue weighted by Gasteiger charge is -2.29. The summed E-state index contributed by atoms with van der Waals surface area (Å²) in [4.78, 5) is 14.0. The molecule has 1 saturated heterocycles. The predicted octanol–water partition coefficient (Wildman–Crippen LogP) is 1.49. The van der Waals surface area contributed by atoms with Crippen LogP contribution in [0.15, 0.2) is 18.2 Å². The second-order valence-electron chi connectivity index (χ2n) is 4.65. The van der Waals surface area contributed by atoms with Crippen LogP contribution in [0.2, 0.25) is 0 Å². The van der Waals surface area contributed by atoms with Gasteiger partial charge in [-0.3, -0.25) is 4.79 Å². The molecule has 20 heavy (non-hydrogen) atoms. The summed E-state index contributed by atoms with van der Waals surface area (Å²) in [6.07, 6.45) is 0. The van der Waals surface area contributed by atoms with Crippen molar-refractivity contribution in [1.82, 2.24) is 4.90 Å². The molecule has 1 fully saturated rings. The first kappa shape index (κ1) is 14.6. The molecule has 0 spiro atoms. The molecule has 1 unspecified atom stereocenters. The lowest BCUT2D eigenvalue weighted by Crippen LogP contribution is -2.46. The third-order valence-electron chi connectivity index (χ3n) is 3.23. The first-order chi connectivity index (χ1) is 9.61. The first-order valence-corrected chi connectivity index (χ1v) is 6.58. The molecule has 0 aromatic heterocycles. The molecule has 1 amide bonds. The highest BCUT2D eigenvalue weighted by molar-refractivity contribution is 5.84. The third-order valence-corrected chi connectivity index (χ3v) is 3.23. The Morgan fingerprint density at radius 2 is 2.15 bits per heavy atom. The van der Waals surface area contributed by atoms with Crippen molar-refractivity contribution in [3.8, 4) is 5.75 Å². The van der Waals surface area contributed by atoms with Crippen LogP contribution in [0.3, 0.4) is 0 Å². The quantitative estimate of drug-likeness (QED) is 0.909. The number of ether oxygens (including phenoxy) is 2. The molecule has 6 heteroatoms. The number of anilines is 1. The van der Waals surface area contributed by atoms with Crippen molar-refractivity contribution in [3.05, 3.63) is 24.0 Å². The smallest absolute Gasteiger partial charge is 0.244 e. The second kappa shape index (κ2) is 6.56. The minimum Gasteiger partial charge on any atom is -0.494 e. The Morgan fingerprint density at radius 1 is 1.45 bits per heavy atom. The number of morpholine rings is 1. The molecule has 1 aliphatic rings. The molecule has 1 aliphatic heterocycles. The van der Waals surface area contributed by atoms with Gasteiger partial charge in [-0.25, -0.2) is 4.39 Å². The van der Waals surface area contributed by atoms with Gasteiger partial charge in [-0.2, -0.15) is 0 Å². The summed E-state index contributed by atoms with van der Waals surface area (Å²) in [6, 6.07) is 4.05. The SMILES string of the molecule is COc1cc(NC(C)C(=O)N2CCOCC2)ccc1F. The van der Waals surface area contributed by atoms with Gasteiger partial charge >= 0.3 is 0 Å². The summed E-state index contributed by atoms with van der Waals surface area (Å²) in [5, 5.41) is 3.06. The highest BCUT2D eigenvalue weighted by Crippen LogP contribution is 2.22. The van der Waals surface area contributed by atoms with Crippen LogP contribution in [0.25, 0.3) is 0 Å². The zero-order valence-electron chi connectivity index (χ0n) is 11.7. The summed E-state index contributed by atoms with van der Waals surface area (Å²) >= 11 is 0. The molecule has 0 bridgehead atoms. The van der Waals surface area contributed by atoms with Crippen LogP contribution in [0.1, 0.15) is 6.92 Å². The molecule has 1 heterocycles. The standard InChI is InChI=1S/C14H19FN2O3/c1-10(14(18)17-5-7-20-8-6-17)16-11-3-4-12(15)13(9-11)19-2/h3-4,9-10,16H,5-8H2,1-2H3. The van der Waals surface area contributed by atoms with Crippen molar-refractivity contribution in [1.29, 1.82) is 0 Å². The number of rotatable bonds is 4. The van der Waals surface area contributed by atoms with Gasteiger partial charge in [0.05, 0.1) is 20.3 Å². The molecule has 1 aromatic rings. The van der Waals surface area contributed by atoms with Gasteiger partial charge in [-0.1, -0.05) is 0 Å². The second-order valence-corrected chi connectivity index (χ2v) is 4.65. The number of nitrogens with zero attached hydrogens (tertiary/aromatic N) is 1. The Bertz CT molecular complexity index is 475. The summed E-state index contributed by atoms with van der Waals surface area (Å²) in [7, 11) is 1.41. The Labute approximate surface area is 117 Å². The average Bonchev–Trinajstić information content (AvgIpc) is 2.49. The maximum atomic E-state index is 13.3. The van der Waals surface area contributed by atoms with Crippen LogP contribution in [0.5, 0.6) is 5.75 Å². The van der Waals surface area contributed by atoms with Gasteiger partial charge in [0.15, 0.2) is 11.6 Å². The van der Waals surface area contributed by atoms with Crippen LogP contribution in [-0.4, -0.2) is 50.3 Å². The largest absolute Gasteiger partial charge is 0.494 e. The van der Waals surface area contributed by atoms with E-state index < -0.39 is 5.82 Å². The van der Waals surface area contributed by atoms with Crippen molar-refractivity contribution in [2.75, 3.05) is 38.7 Å². The molecule has 5 nitrogen and oxygen atoms in total. The molecule has 1 atom stereocenters. The zero-order valence-corrected chi connectivity index (χ0v) is 11.7. The van der Waals surface area contributed by atoms with Crippen LogP contribution >= 0.6 is 0 Å². The van der Waals surface area contributed by atoms with E-state index in [-0.39, 0.29) is 17.7 Å². The number of hydrogen-bond donors (Lipinski definition) is 1. The van der Waals surface area contributed by atoms with Gasteiger partial charge in [-0.15, -0.1) is 0 Å². The van der Waals surface area contributed by atoms with E-state index in [0.717, 1.165) is 0 Å². The lowest BCUT2D eigenvalue weighted by atomic mass is 10.2. The Kier molecular flexibility index (Phi) is 4.79. The minimum absolute atomic E-state index is 0.0107. The van der Waals surface area contributed by atoms with E-state index in [1.807, 2.05) is 0 Å². The van der Waals surface area contributed by atoms with E-state index in [9.17, 15) is 9.18 Å². The fourth-order valence-corrected chi connectivity index (χ4v) is 2.12. The van der Waals surface area contributed by atoms with Crippen molar-refractivity contribution < 1.29 is 18.7 Å². The summed E-state index contributed by atoms with van der Waals surface area (Å²) in [5.74, 6) is -0.261. The summed E-state index contributed by atoms with van der Waals surface area (Å²) in [6.45, 7) is 4.15. The van der Waals surface area contributed by atoms with Crippen LogP contribution in [-0.2, 0) is 9.53 Å². The molecule has 0 radical (unpaired) electrons. The summed E-state index contributed by atoms with van der Waals surface area (Å²) in [5.41, 5.74) is 0.650. The Morgan fingerprint density at radius 3 is 2.80 bits per heavy atom. The van der Waals surface area contributed by atoms with Gasteiger partial charge in [0, 0.05) is 24.8 Å². The van der Waals surface area contributed by atoms with Gasteiger partial charge in [0.2, 0.25) is 5.91 Å². The minimum atomic E-state index is -0.426. The van der Waals surface area contributed by atoms with E-state index in [2.05, 4.69) is 5.32 Å². The van der Waals surface area contributed by atoms with E-state index in [4.69, 9.17) is 9.47 Å². The normalized spacial score (nSPS) is 16.6. The maximum Gasteiger partial charge on any atom is 0.244 e. The monoisotopic (exact) mass is 282 g/mol. The maximum absolute atomic E-state index is 13.3. The van der Waals surface area contributed by atoms with Gasteiger partial charge in [-0.05, 0) is 19.1 Å². The fourth-order valence-electron chi connectivity index (χ4n) is 2.12. The molecular formula is C14H19FN2O3. The number of halogens is 1. The predicted molar refractivity (Wildman–Crippen MR) is 73.4 cm³/mol. The van der Waals surface area contributed by atoms with Crippen LogP contribution < -0.4 is 10.1 Å². The van der Waals surface area contributed by atoms with Crippen molar-refractivity contribution in [2.24, 2.45) is 0 Å². The average molecular weight is 282 g/mol. The summed E-state index contributed by atoms with van der Waals surface area (Å²) < 4.78 is 23.5. The van der Waals surface area contributed by atoms with Crippen LogP contribution in [0.4, 0.5) is 10.1 Å². The number of carbonyl (C=O) groups is 1. The van der Waals surface area contributed by atoms with E-state index in [1.165, 1.54) is 13.2 Å². The van der Waals surface area contributed by atoms with Crippen molar-refractivity contribution in [2.45, 2.75) is 13.0 Å². The van der Waals surface area contributed by atoms with Crippen LogP contribution in [0, 0.1) is 5.82 Å². The van der Waals surface area contributed by atoms with Crippen molar-refractivity contribution >= 4 is 11.6 Å². The highest BCUT2D eigenvalue weighted by Gasteiger charge is 2.22. The van der Waals surface area contributed by atoms with E-state index in [0.29, 0.717) is 32.0 Å². The van der Waals surface area contributed by atoms with Gasteiger partial charge < -0.3 is 19.7 Å². The fraction of sp³-hybridized carbons (Fsp3) is 0.500. The van der Waals surface area contributed by atoms with Crippen molar-refractivity contribution in [3.63, 3.8) is 0 Å². The molecule has 2 rings (SSSR count). The number of nitrogens with one attached hydrogen (secondary N) is 1. The molecule has 110 valence electrons. The number of methoxy groups -OCH3 is 1. The highest BCUT2D eigenvalue weighted by atomic mass is 19.1. The van der Waals surface area contributed by atoms with E-state index >= 15 is 0 Å². The number of amides is 1. The number of carbonyl (C=O) groups excluding carboxylic acids is 1.